The smallest absolute Gasteiger partial charge is 0.408 e. The lowest BCUT2D eigenvalue weighted by molar-refractivity contribution is -0.130. The van der Waals surface area contributed by atoms with Crippen LogP contribution in [-0.2, 0) is 40.2 Å². The van der Waals surface area contributed by atoms with Gasteiger partial charge in [-0.25, -0.2) is 9.59 Å². The van der Waals surface area contributed by atoms with Gasteiger partial charge in [0.25, 0.3) is 0 Å². The Bertz CT molecular complexity index is 2310. The normalized spacial score (nSPS) is 12.8. The number of aromatic hydroxyl groups is 1. The number of H-pyrrole nitrogens is 1. The minimum Gasteiger partial charge on any atom is -0.493 e. The zero-order valence-electron chi connectivity index (χ0n) is 29.6. The highest BCUT2D eigenvalue weighted by atomic mass is 79.9. The number of alkyl carbamates (subject to hydrolysis) is 1. The zero-order chi connectivity index (χ0) is 38.6. The fraction of sp³-hybridized carbons (Fsp3) is 0.167. The molecule has 3 amide bonds. The van der Waals surface area contributed by atoms with Crippen LogP contribution in [0.5, 0.6) is 5.88 Å². The predicted molar refractivity (Wildman–Crippen MR) is 214 cm³/mol. The third kappa shape index (κ3) is 11.3. The molecule has 3 atom stereocenters. The number of nitrogens with zero attached hydrogens (tertiary/aromatic N) is 2. The van der Waals surface area contributed by atoms with Crippen LogP contribution in [0.2, 0.25) is 0 Å². The predicted octanol–water partition coefficient (Wildman–Crippen LogP) is 5.62. The fourth-order valence-electron chi connectivity index (χ4n) is 5.96. The molecule has 0 radical (unpaired) electrons. The lowest BCUT2D eigenvalue weighted by Gasteiger charge is -2.25. The number of amides is 3. The Morgan fingerprint density at radius 3 is 1.98 bits per heavy atom. The van der Waals surface area contributed by atoms with Gasteiger partial charge in [0.15, 0.2) is 0 Å². The zero-order valence-corrected chi connectivity index (χ0v) is 31.2. The first-order valence-corrected chi connectivity index (χ1v) is 18.4. The molecule has 0 aliphatic rings. The lowest BCUT2D eigenvalue weighted by atomic mass is 9.99. The fourth-order valence-corrected chi connectivity index (χ4v) is 6.22. The van der Waals surface area contributed by atoms with Crippen molar-refractivity contribution in [2.24, 2.45) is 5.10 Å². The third-order valence-corrected chi connectivity index (χ3v) is 9.27. The molecule has 0 aliphatic carbocycles. The van der Waals surface area contributed by atoms with Gasteiger partial charge in [-0.05, 0) is 51.6 Å². The van der Waals surface area contributed by atoms with E-state index in [0.717, 1.165) is 48.4 Å². The third-order valence-electron chi connectivity index (χ3n) is 8.75. The average molecular weight is 804 g/mol. The van der Waals surface area contributed by atoms with Gasteiger partial charge in [0.1, 0.15) is 18.7 Å². The maximum atomic E-state index is 14.3. The topological polar surface area (TPSA) is 167 Å². The van der Waals surface area contributed by atoms with E-state index in [1.165, 1.54) is 6.21 Å². The van der Waals surface area contributed by atoms with Gasteiger partial charge in [0, 0.05) is 23.5 Å². The lowest BCUT2D eigenvalue weighted by Crippen LogP contribution is -2.56. The van der Waals surface area contributed by atoms with Crippen molar-refractivity contribution in [3.8, 4) is 5.88 Å². The summed E-state index contributed by atoms with van der Waals surface area (Å²) in [7, 11) is 0. The standard InChI is InChI=1S/C42H39BrN6O6/c43-34-19-16-29(17-20-34)23-37(47-42(54)55-27-30-11-5-2-6-12-30)40(52)46-36(24-31-15-18-32-13-7-8-14-33(32)21-31)39(51)45-35(22-28-9-3-1-4-10-28)25-44-49-26-38(50)48-41(49)53/h1-21,25-26,35-37,50H,22-24,27H2,(H,45,51)(H,46,52)(H,47,54)(H,48,53). The molecule has 6 aromatic rings. The average Bonchev–Trinajstić information content (AvgIpc) is 3.52. The SMILES string of the molecule is O=C(NC(Cc1ccc(Br)cc1)C(=O)NC(Cc1ccc2ccccc2c1)C(=O)NC(C=Nn1cc(O)[nH]c1=O)Cc1ccccc1)OCc1ccccc1. The monoisotopic (exact) mass is 802 g/mol. The Hall–Kier alpha value is -6.47. The number of aromatic nitrogens is 2. The van der Waals surface area contributed by atoms with Gasteiger partial charge in [-0.15, -0.1) is 0 Å². The summed E-state index contributed by atoms with van der Waals surface area (Å²) in [5.74, 6) is -1.48. The van der Waals surface area contributed by atoms with Crippen molar-refractivity contribution in [3.63, 3.8) is 0 Å². The van der Waals surface area contributed by atoms with Crippen LogP contribution < -0.4 is 21.6 Å². The molecule has 12 nitrogen and oxygen atoms in total. The molecular weight excluding hydrogens is 764 g/mol. The van der Waals surface area contributed by atoms with Gasteiger partial charge in [0.05, 0.1) is 12.2 Å². The molecule has 6 rings (SSSR count). The van der Waals surface area contributed by atoms with Crippen molar-refractivity contribution < 1.29 is 24.2 Å². The minimum absolute atomic E-state index is 0.00510. The summed E-state index contributed by atoms with van der Waals surface area (Å²) in [6.45, 7) is 0.00510. The number of hydrogen-bond acceptors (Lipinski definition) is 7. The second-order valence-corrected chi connectivity index (χ2v) is 13.8. The van der Waals surface area contributed by atoms with Gasteiger partial charge in [-0.1, -0.05) is 131 Å². The molecule has 1 aromatic heterocycles. The number of nitrogens with one attached hydrogen (secondary N) is 4. The van der Waals surface area contributed by atoms with Crippen molar-refractivity contribution in [3.05, 3.63) is 171 Å². The number of ether oxygens (including phenoxy) is 1. The number of carbonyl (C=O) groups is 3. The molecular formula is C42H39BrN6O6. The first kappa shape index (κ1) is 38.3. The van der Waals surface area contributed by atoms with Gasteiger partial charge >= 0.3 is 11.8 Å². The molecule has 280 valence electrons. The van der Waals surface area contributed by atoms with Gasteiger partial charge < -0.3 is 25.8 Å². The number of rotatable bonds is 15. The molecule has 0 bridgehead atoms. The van der Waals surface area contributed by atoms with Crippen LogP contribution in [0.25, 0.3) is 10.8 Å². The van der Waals surface area contributed by atoms with E-state index in [-0.39, 0.29) is 25.3 Å². The van der Waals surface area contributed by atoms with Crippen LogP contribution in [0, 0.1) is 0 Å². The number of aromatic amines is 1. The summed E-state index contributed by atoms with van der Waals surface area (Å²) in [5.41, 5.74) is 2.57. The first-order chi connectivity index (χ1) is 26.7. The van der Waals surface area contributed by atoms with Crippen molar-refractivity contribution in [1.29, 1.82) is 0 Å². The van der Waals surface area contributed by atoms with E-state index in [1.807, 2.05) is 127 Å². The first-order valence-electron chi connectivity index (χ1n) is 17.6. The molecule has 0 aliphatic heterocycles. The van der Waals surface area contributed by atoms with Crippen molar-refractivity contribution in [2.45, 2.75) is 44.0 Å². The Morgan fingerprint density at radius 1 is 0.709 bits per heavy atom. The Morgan fingerprint density at radius 2 is 1.29 bits per heavy atom. The van der Waals surface area contributed by atoms with Crippen LogP contribution in [0.15, 0.2) is 148 Å². The number of carbonyl (C=O) groups excluding carboxylic acids is 3. The molecule has 5 N–H and O–H groups in total. The van der Waals surface area contributed by atoms with Crippen LogP contribution in [0.1, 0.15) is 22.3 Å². The Labute approximate surface area is 325 Å². The molecule has 55 heavy (non-hydrogen) atoms. The molecule has 13 heteroatoms. The highest BCUT2D eigenvalue weighted by molar-refractivity contribution is 9.10. The van der Waals surface area contributed by atoms with Crippen LogP contribution in [0.4, 0.5) is 4.79 Å². The summed E-state index contributed by atoms with van der Waals surface area (Å²) in [4.78, 5) is 56.1. The second-order valence-electron chi connectivity index (χ2n) is 12.9. The van der Waals surface area contributed by atoms with Gasteiger partial charge in [-0.3, -0.25) is 14.6 Å². The van der Waals surface area contributed by atoms with Crippen LogP contribution in [0.3, 0.4) is 0 Å². The number of halogens is 1. The summed E-state index contributed by atoms with van der Waals surface area (Å²) in [5, 5.41) is 24.5. The molecule has 0 saturated carbocycles. The largest absolute Gasteiger partial charge is 0.493 e. The molecule has 0 fully saturated rings. The molecule has 5 aromatic carbocycles. The molecule has 1 heterocycles. The molecule has 0 saturated heterocycles. The highest BCUT2D eigenvalue weighted by Gasteiger charge is 2.29. The van der Waals surface area contributed by atoms with E-state index in [2.05, 4.69) is 42.0 Å². The van der Waals surface area contributed by atoms with Crippen molar-refractivity contribution in [2.75, 3.05) is 0 Å². The number of fused-ring (bicyclic) bond motifs is 1. The maximum Gasteiger partial charge on any atom is 0.408 e. The quantitative estimate of drug-likeness (QED) is 0.0845. The Balaban J connectivity index is 1.27. The molecule has 0 spiro atoms. The van der Waals surface area contributed by atoms with E-state index in [1.54, 1.807) is 0 Å². The number of hydrogen-bond donors (Lipinski definition) is 5. The summed E-state index contributed by atoms with van der Waals surface area (Å²) in [6, 6.07) is 36.6. The van der Waals surface area contributed by atoms with Gasteiger partial charge in [-0.2, -0.15) is 9.78 Å². The van der Waals surface area contributed by atoms with Gasteiger partial charge in [0.2, 0.25) is 17.7 Å². The summed E-state index contributed by atoms with van der Waals surface area (Å²) >= 11 is 3.44. The number of imidazole rings is 1. The van der Waals surface area contributed by atoms with Crippen LogP contribution in [-0.4, -0.2) is 57.0 Å². The Kier molecular flexibility index (Phi) is 12.9. The highest BCUT2D eigenvalue weighted by Crippen LogP contribution is 2.18. The van der Waals surface area contributed by atoms with E-state index in [4.69, 9.17) is 4.74 Å². The summed E-state index contributed by atoms with van der Waals surface area (Å²) in [6.07, 6.45) is 2.26. The van der Waals surface area contributed by atoms with Crippen LogP contribution >= 0.6 is 15.9 Å². The van der Waals surface area contributed by atoms with E-state index in [0.29, 0.717) is 6.42 Å². The second kappa shape index (κ2) is 18.5. The number of benzene rings is 5. The van der Waals surface area contributed by atoms with E-state index < -0.39 is 41.7 Å². The maximum absolute atomic E-state index is 14.3. The van der Waals surface area contributed by atoms with E-state index >= 15 is 0 Å². The molecule has 3 unspecified atom stereocenters. The van der Waals surface area contributed by atoms with Crippen molar-refractivity contribution >= 4 is 50.8 Å². The minimum atomic E-state index is -1.11. The van der Waals surface area contributed by atoms with E-state index in [9.17, 15) is 24.3 Å². The summed E-state index contributed by atoms with van der Waals surface area (Å²) < 4.78 is 7.24. The van der Waals surface area contributed by atoms with Crippen molar-refractivity contribution in [1.82, 2.24) is 25.6 Å².